The molecule has 0 saturated carbocycles. The van der Waals surface area contributed by atoms with Crippen LogP contribution in [0.1, 0.15) is 70.3 Å². The SMILES string of the molecule is CCCOc1c(OC)cc(C2CCC(c3cc(OCC)c(OCC)c(OCC)c3)O2)cc1S(C)(=O)=O. The maximum atomic E-state index is 12.6. The van der Waals surface area contributed by atoms with E-state index in [4.69, 9.17) is 28.4 Å². The highest BCUT2D eigenvalue weighted by Crippen LogP contribution is 2.48. The molecular formula is C27H38O8S. The maximum absolute atomic E-state index is 12.6. The van der Waals surface area contributed by atoms with Crippen molar-refractivity contribution >= 4 is 9.84 Å². The van der Waals surface area contributed by atoms with E-state index in [1.807, 2.05) is 45.9 Å². The highest BCUT2D eigenvalue weighted by atomic mass is 32.2. The van der Waals surface area contributed by atoms with Gasteiger partial charge in [0, 0.05) is 6.26 Å². The average Bonchev–Trinajstić information content (AvgIpc) is 3.34. The molecule has 0 bridgehead atoms. The zero-order valence-corrected chi connectivity index (χ0v) is 22.9. The molecule has 0 N–H and O–H groups in total. The number of hydrogen-bond donors (Lipinski definition) is 0. The highest BCUT2D eigenvalue weighted by Gasteiger charge is 2.32. The molecule has 8 nitrogen and oxygen atoms in total. The van der Waals surface area contributed by atoms with Crippen LogP contribution in [0.5, 0.6) is 28.7 Å². The van der Waals surface area contributed by atoms with Gasteiger partial charge in [-0.05, 0) is 75.4 Å². The number of benzene rings is 2. The van der Waals surface area contributed by atoms with E-state index in [-0.39, 0.29) is 22.9 Å². The first-order chi connectivity index (χ1) is 17.3. The zero-order chi connectivity index (χ0) is 26.3. The normalized spacial score (nSPS) is 17.6. The number of hydrogen-bond acceptors (Lipinski definition) is 8. The second-order valence-corrected chi connectivity index (χ2v) is 10.5. The van der Waals surface area contributed by atoms with Crippen molar-refractivity contribution in [2.24, 2.45) is 0 Å². The molecule has 1 fully saturated rings. The summed E-state index contributed by atoms with van der Waals surface area (Å²) < 4.78 is 60.5. The molecule has 0 spiro atoms. The molecule has 0 aliphatic carbocycles. The molecule has 200 valence electrons. The third-order valence-corrected chi connectivity index (χ3v) is 6.91. The van der Waals surface area contributed by atoms with Crippen LogP contribution < -0.4 is 23.7 Å². The Labute approximate surface area is 214 Å². The Hall–Kier alpha value is -2.65. The summed E-state index contributed by atoms with van der Waals surface area (Å²) in [5.41, 5.74) is 1.66. The second-order valence-electron chi connectivity index (χ2n) is 8.51. The molecule has 3 rings (SSSR count). The fourth-order valence-corrected chi connectivity index (χ4v) is 5.13. The van der Waals surface area contributed by atoms with E-state index in [1.54, 1.807) is 6.07 Å². The van der Waals surface area contributed by atoms with E-state index in [1.165, 1.54) is 13.4 Å². The van der Waals surface area contributed by atoms with Crippen molar-refractivity contribution < 1.29 is 36.8 Å². The van der Waals surface area contributed by atoms with Gasteiger partial charge in [-0.3, -0.25) is 0 Å². The Bertz CT molecular complexity index is 1100. The third-order valence-electron chi connectivity index (χ3n) is 5.81. The van der Waals surface area contributed by atoms with Gasteiger partial charge in [0.05, 0.1) is 45.7 Å². The fraction of sp³-hybridized carbons (Fsp3) is 0.556. The molecule has 36 heavy (non-hydrogen) atoms. The lowest BCUT2D eigenvalue weighted by atomic mass is 10.0. The van der Waals surface area contributed by atoms with Crippen molar-refractivity contribution in [2.75, 3.05) is 39.8 Å². The standard InChI is InChI=1S/C27H38O8S/c1-7-13-34-27-22(30-5)14-19(17-25(27)36(6,28)29)21-12-11-20(35-21)18-15-23(31-8-2)26(33-10-4)24(16-18)32-9-3/h14-17,20-21H,7-13H2,1-6H3. The smallest absolute Gasteiger partial charge is 0.203 e. The first-order valence-electron chi connectivity index (χ1n) is 12.5. The van der Waals surface area contributed by atoms with E-state index >= 15 is 0 Å². The van der Waals surface area contributed by atoms with Crippen molar-refractivity contribution in [2.45, 2.75) is 64.1 Å². The highest BCUT2D eigenvalue weighted by molar-refractivity contribution is 7.90. The van der Waals surface area contributed by atoms with Crippen LogP contribution >= 0.6 is 0 Å². The monoisotopic (exact) mass is 522 g/mol. The van der Waals surface area contributed by atoms with Gasteiger partial charge in [-0.15, -0.1) is 0 Å². The molecule has 0 radical (unpaired) electrons. The van der Waals surface area contributed by atoms with E-state index in [9.17, 15) is 8.42 Å². The summed E-state index contributed by atoms with van der Waals surface area (Å²) in [5.74, 6) is 2.45. The largest absolute Gasteiger partial charge is 0.493 e. The van der Waals surface area contributed by atoms with Crippen molar-refractivity contribution in [3.63, 3.8) is 0 Å². The van der Waals surface area contributed by atoms with Gasteiger partial charge < -0.3 is 28.4 Å². The number of sulfone groups is 1. The molecule has 2 unspecified atom stereocenters. The lowest BCUT2D eigenvalue weighted by Gasteiger charge is -2.21. The Morgan fingerprint density at radius 3 is 1.78 bits per heavy atom. The van der Waals surface area contributed by atoms with Crippen molar-refractivity contribution in [3.8, 4) is 28.7 Å². The summed E-state index contributed by atoms with van der Waals surface area (Å²) in [6.45, 7) is 9.58. The molecule has 1 heterocycles. The molecule has 1 saturated heterocycles. The summed E-state index contributed by atoms with van der Waals surface area (Å²) in [7, 11) is -2.05. The maximum Gasteiger partial charge on any atom is 0.203 e. The van der Waals surface area contributed by atoms with Crippen LogP contribution in [-0.4, -0.2) is 48.2 Å². The average molecular weight is 523 g/mol. The van der Waals surface area contributed by atoms with Gasteiger partial charge in [-0.25, -0.2) is 8.42 Å². The van der Waals surface area contributed by atoms with Gasteiger partial charge in [0.2, 0.25) is 5.75 Å². The Morgan fingerprint density at radius 2 is 1.31 bits per heavy atom. The lowest BCUT2D eigenvalue weighted by molar-refractivity contribution is 0.0434. The van der Waals surface area contributed by atoms with Gasteiger partial charge in [-0.1, -0.05) is 6.92 Å². The number of rotatable bonds is 13. The molecule has 2 aromatic carbocycles. The van der Waals surface area contributed by atoms with E-state index in [0.717, 1.165) is 24.0 Å². The van der Waals surface area contributed by atoms with Crippen LogP contribution in [0.3, 0.4) is 0 Å². The molecule has 1 aliphatic rings. The van der Waals surface area contributed by atoms with E-state index in [0.29, 0.717) is 55.8 Å². The van der Waals surface area contributed by atoms with Crippen LogP contribution in [0.15, 0.2) is 29.2 Å². The Kier molecular flexibility index (Phi) is 9.73. The minimum Gasteiger partial charge on any atom is -0.493 e. The summed E-state index contributed by atoms with van der Waals surface area (Å²) in [6, 6.07) is 7.33. The fourth-order valence-electron chi connectivity index (χ4n) is 4.28. The minimum absolute atomic E-state index is 0.107. The predicted octanol–water partition coefficient (Wildman–Crippen LogP) is 5.68. The molecule has 0 aromatic heterocycles. The van der Waals surface area contributed by atoms with E-state index in [2.05, 4.69) is 0 Å². The molecule has 2 aromatic rings. The number of methoxy groups -OCH3 is 1. The van der Waals surface area contributed by atoms with Crippen LogP contribution in [0.4, 0.5) is 0 Å². The van der Waals surface area contributed by atoms with Crippen molar-refractivity contribution in [1.82, 2.24) is 0 Å². The molecule has 1 aliphatic heterocycles. The summed E-state index contributed by atoms with van der Waals surface area (Å²) in [4.78, 5) is 0.107. The van der Waals surface area contributed by atoms with Crippen LogP contribution in [0, 0.1) is 0 Å². The van der Waals surface area contributed by atoms with Gasteiger partial charge in [0.1, 0.15) is 4.90 Å². The first-order valence-corrected chi connectivity index (χ1v) is 14.4. The Balaban J connectivity index is 1.96. The van der Waals surface area contributed by atoms with Crippen molar-refractivity contribution in [1.29, 1.82) is 0 Å². The van der Waals surface area contributed by atoms with Gasteiger partial charge >= 0.3 is 0 Å². The number of ether oxygens (including phenoxy) is 6. The lowest BCUT2D eigenvalue weighted by Crippen LogP contribution is -2.09. The van der Waals surface area contributed by atoms with Gasteiger partial charge in [0.25, 0.3) is 0 Å². The summed E-state index contributed by atoms with van der Waals surface area (Å²) in [5, 5.41) is 0. The predicted molar refractivity (Wildman–Crippen MR) is 138 cm³/mol. The molecular weight excluding hydrogens is 484 g/mol. The van der Waals surface area contributed by atoms with Crippen molar-refractivity contribution in [3.05, 3.63) is 35.4 Å². The molecule has 0 amide bonds. The third kappa shape index (κ3) is 6.37. The second kappa shape index (κ2) is 12.5. The molecule has 9 heteroatoms. The Morgan fingerprint density at radius 1 is 0.778 bits per heavy atom. The first kappa shape index (κ1) is 27.9. The van der Waals surface area contributed by atoms with E-state index < -0.39 is 9.84 Å². The topological polar surface area (TPSA) is 89.5 Å². The minimum atomic E-state index is -3.56. The summed E-state index contributed by atoms with van der Waals surface area (Å²) in [6.07, 6.45) is 2.87. The zero-order valence-electron chi connectivity index (χ0n) is 22.1. The van der Waals surface area contributed by atoms with Crippen LogP contribution in [0.2, 0.25) is 0 Å². The molecule has 2 atom stereocenters. The summed E-state index contributed by atoms with van der Waals surface area (Å²) >= 11 is 0. The van der Waals surface area contributed by atoms with Gasteiger partial charge in [0.15, 0.2) is 32.8 Å². The van der Waals surface area contributed by atoms with Crippen LogP contribution in [0.25, 0.3) is 0 Å². The van der Waals surface area contributed by atoms with Crippen LogP contribution in [-0.2, 0) is 14.6 Å². The van der Waals surface area contributed by atoms with Gasteiger partial charge in [-0.2, -0.15) is 0 Å². The quantitative estimate of drug-likeness (QED) is 0.332.